The summed E-state index contributed by atoms with van der Waals surface area (Å²) < 4.78 is 17.6. The first-order valence-corrected chi connectivity index (χ1v) is 13.1. The van der Waals surface area contributed by atoms with Crippen molar-refractivity contribution >= 4 is 29.2 Å². The molecule has 2 saturated heterocycles. The van der Waals surface area contributed by atoms with E-state index in [9.17, 15) is 19.8 Å². The lowest BCUT2D eigenvalue weighted by Crippen LogP contribution is -2.46. The van der Waals surface area contributed by atoms with Gasteiger partial charge in [-0.15, -0.1) is 11.3 Å². The van der Waals surface area contributed by atoms with Crippen LogP contribution in [0.3, 0.4) is 0 Å². The van der Waals surface area contributed by atoms with Crippen LogP contribution >= 0.6 is 11.3 Å². The Labute approximate surface area is 211 Å². The van der Waals surface area contributed by atoms with Crippen LogP contribution in [0.5, 0.6) is 0 Å². The minimum absolute atomic E-state index is 0.171. The number of carbonyl (C=O) groups is 2. The van der Waals surface area contributed by atoms with Crippen LogP contribution in [0, 0.1) is 24.2 Å². The van der Waals surface area contributed by atoms with Crippen molar-refractivity contribution in [3.63, 3.8) is 0 Å². The second kappa shape index (κ2) is 10.8. The summed E-state index contributed by atoms with van der Waals surface area (Å²) in [5.74, 6) is -1.94. The number of esters is 1. The first-order valence-electron chi connectivity index (χ1n) is 12.2. The summed E-state index contributed by atoms with van der Waals surface area (Å²) in [4.78, 5) is 30.5. The number of aliphatic hydroxyl groups is 2. The Hall–Kier alpha value is -1.65. The SMILES string of the molecule is C/C(=C\c1csc(C)n1)[C@H]1C[C@@H]2O[C@]2(C)COC[C@@H](C)[C@@H](O)[C@H](C)C(=O)C(C)(C)[C@H](O)CC(=O)O1. The van der Waals surface area contributed by atoms with Gasteiger partial charge in [-0.2, -0.15) is 0 Å². The van der Waals surface area contributed by atoms with Gasteiger partial charge in [-0.1, -0.05) is 27.7 Å². The van der Waals surface area contributed by atoms with E-state index < -0.39 is 41.2 Å². The summed E-state index contributed by atoms with van der Waals surface area (Å²) in [6.07, 6.45) is -0.947. The number of cyclic esters (lactones) is 1. The molecule has 196 valence electrons. The van der Waals surface area contributed by atoms with Gasteiger partial charge in [0.05, 0.1) is 54.1 Å². The van der Waals surface area contributed by atoms with Crippen LogP contribution in [0.25, 0.3) is 6.08 Å². The van der Waals surface area contributed by atoms with Crippen LogP contribution in [-0.2, 0) is 23.8 Å². The number of fused-ring (bicyclic) bond motifs is 1. The van der Waals surface area contributed by atoms with Gasteiger partial charge in [0.15, 0.2) is 0 Å². The number of aliphatic hydroxyl groups excluding tert-OH is 2. The Morgan fingerprint density at radius 3 is 2.54 bits per heavy atom. The molecule has 3 heterocycles. The molecule has 35 heavy (non-hydrogen) atoms. The van der Waals surface area contributed by atoms with Crippen molar-refractivity contribution in [2.75, 3.05) is 13.2 Å². The lowest BCUT2D eigenvalue weighted by atomic mass is 9.73. The van der Waals surface area contributed by atoms with E-state index in [1.165, 1.54) is 0 Å². The first-order chi connectivity index (χ1) is 16.2. The van der Waals surface area contributed by atoms with Gasteiger partial charge in [-0.3, -0.25) is 9.59 Å². The predicted molar refractivity (Wildman–Crippen MR) is 133 cm³/mol. The van der Waals surface area contributed by atoms with Gasteiger partial charge in [0.25, 0.3) is 0 Å². The molecular formula is C26H39NO7S. The highest BCUT2D eigenvalue weighted by molar-refractivity contribution is 7.09. The fourth-order valence-electron chi connectivity index (χ4n) is 4.57. The van der Waals surface area contributed by atoms with E-state index in [1.807, 2.05) is 39.2 Å². The largest absolute Gasteiger partial charge is 0.458 e. The van der Waals surface area contributed by atoms with E-state index in [2.05, 4.69) is 4.98 Å². The fourth-order valence-corrected chi connectivity index (χ4v) is 5.14. The zero-order chi connectivity index (χ0) is 26.1. The van der Waals surface area contributed by atoms with Crippen LogP contribution < -0.4 is 0 Å². The van der Waals surface area contributed by atoms with Gasteiger partial charge in [0.1, 0.15) is 17.5 Å². The Morgan fingerprint density at radius 2 is 1.91 bits per heavy atom. The van der Waals surface area contributed by atoms with E-state index in [-0.39, 0.29) is 30.8 Å². The van der Waals surface area contributed by atoms with E-state index in [0.717, 1.165) is 16.3 Å². The van der Waals surface area contributed by atoms with Crippen molar-refractivity contribution in [1.82, 2.24) is 4.98 Å². The maximum absolute atomic E-state index is 13.2. The van der Waals surface area contributed by atoms with Gasteiger partial charge in [-0.25, -0.2) is 4.98 Å². The molecule has 2 fully saturated rings. The number of aryl methyl sites for hydroxylation is 1. The molecule has 9 heteroatoms. The molecule has 1 aromatic heterocycles. The molecule has 0 aromatic carbocycles. The summed E-state index contributed by atoms with van der Waals surface area (Å²) in [6, 6.07) is 0. The predicted octanol–water partition coefficient (Wildman–Crippen LogP) is 3.32. The zero-order valence-corrected chi connectivity index (χ0v) is 22.6. The number of aromatic nitrogens is 1. The molecule has 2 aliphatic rings. The number of epoxide rings is 1. The minimum Gasteiger partial charge on any atom is -0.458 e. The van der Waals surface area contributed by atoms with Crippen molar-refractivity contribution in [3.8, 4) is 0 Å². The molecule has 1 aromatic rings. The molecule has 3 rings (SSSR count). The van der Waals surface area contributed by atoms with Crippen LogP contribution in [0.15, 0.2) is 11.0 Å². The molecular weight excluding hydrogens is 470 g/mol. The van der Waals surface area contributed by atoms with Gasteiger partial charge in [0.2, 0.25) is 0 Å². The average molecular weight is 510 g/mol. The fraction of sp³-hybridized carbons (Fsp3) is 0.731. The molecule has 0 spiro atoms. The summed E-state index contributed by atoms with van der Waals surface area (Å²) in [5.41, 5.74) is -0.149. The van der Waals surface area contributed by atoms with Crippen molar-refractivity contribution < 1.29 is 34.0 Å². The lowest BCUT2D eigenvalue weighted by molar-refractivity contribution is -0.154. The first kappa shape index (κ1) is 27.9. The monoisotopic (exact) mass is 509 g/mol. The molecule has 7 atom stereocenters. The summed E-state index contributed by atoms with van der Waals surface area (Å²) >= 11 is 1.54. The number of rotatable bonds is 2. The molecule has 0 saturated carbocycles. The quantitative estimate of drug-likeness (QED) is 0.460. The van der Waals surface area contributed by atoms with Crippen molar-refractivity contribution in [2.45, 2.75) is 91.3 Å². The second-order valence-electron chi connectivity index (χ2n) is 10.9. The van der Waals surface area contributed by atoms with Gasteiger partial charge >= 0.3 is 5.97 Å². The van der Waals surface area contributed by atoms with Gasteiger partial charge in [0, 0.05) is 23.6 Å². The smallest absolute Gasteiger partial charge is 0.309 e. The molecule has 0 unspecified atom stereocenters. The normalized spacial score (nSPS) is 37.5. The third kappa shape index (κ3) is 6.57. The average Bonchev–Trinajstić information content (AvgIpc) is 3.22. The molecule has 0 radical (unpaired) electrons. The van der Waals surface area contributed by atoms with E-state index in [4.69, 9.17) is 14.2 Å². The number of Topliss-reactive ketones (excluding diaryl/α,β-unsaturated/α-hetero) is 1. The van der Waals surface area contributed by atoms with E-state index >= 15 is 0 Å². The summed E-state index contributed by atoms with van der Waals surface area (Å²) in [7, 11) is 0. The number of carbonyl (C=O) groups excluding carboxylic acids is 2. The van der Waals surface area contributed by atoms with Gasteiger partial charge in [-0.05, 0) is 32.4 Å². The Kier molecular flexibility index (Phi) is 8.59. The van der Waals surface area contributed by atoms with Crippen molar-refractivity contribution in [2.24, 2.45) is 17.3 Å². The number of thiazole rings is 1. The second-order valence-corrected chi connectivity index (χ2v) is 12.0. The minimum atomic E-state index is -1.26. The van der Waals surface area contributed by atoms with Crippen molar-refractivity contribution in [3.05, 3.63) is 21.7 Å². The highest BCUT2D eigenvalue weighted by atomic mass is 32.1. The topological polar surface area (TPSA) is 118 Å². The molecule has 0 aliphatic carbocycles. The third-order valence-electron chi connectivity index (χ3n) is 7.36. The molecule has 2 aliphatic heterocycles. The summed E-state index contributed by atoms with van der Waals surface area (Å²) in [6.45, 7) is 13.0. The molecule has 8 nitrogen and oxygen atoms in total. The highest BCUT2D eigenvalue weighted by Crippen LogP contribution is 2.41. The Bertz CT molecular complexity index is 957. The maximum atomic E-state index is 13.2. The summed E-state index contributed by atoms with van der Waals surface area (Å²) in [5, 5.41) is 24.5. The van der Waals surface area contributed by atoms with E-state index in [1.54, 1.807) is 32.1 Å². The van der Waals surface area contributed by atoms with E-state index in [0.29, 0.717) is 13.0 Å². The molecule has 0 amide bonds. The number of ether oxygens (including phenoxy) is 3. The van der Waals surface area contributed by atoms with Gasteiger partial charge < -0.3 is 24.4 Å². The number of ketones is 1. The van der Waals surface area contributed by atoms with Crippen LogP contribution in [0.4, 0.5) is 0 Å². The lowest BCUT2D eigenvalue weighted by Gasteiger charge is -2.34. The standard InChI is InChI=1S/C26H39NO7S/c1-14(8-18-12-35-17(4)27-18)19-9-21-26(7,34-21)13-32-11-15(2)23(30)16(3)24(31)25(5,6)20(28)10-22(29)33-19/h8,12,15-16,19-21,23,28,30H,9-11,13H2,1-7H3/b14-8+/t15-,16+,19-,20-,21+,23-,26-/m1/s1. The zero-order valence-electron chi connectivity index (χ0n) is 21.7. The van der Waals surface area contributed by atoms with Crippen LogP contribution in [0.2, 0.25) is 0 Å². The van der Waals surface area contributed by atoms with Crippen molar-refractivity contribution in [1.29, 1.82) is 0 Å². The van der Waals surface area contributed by atoms with Crippen LogP contribution in [-0.4, -0.2) is 70.2 Å². The number of hydrogen-bond donors (Lipinski definition) is 2. The Balaban J connectivity index is 1.85. The molecule has 2 N–H and O–H groups in total. The Morgan fingerprint density at radius 1 is 1.23 bits per heavy atom. The number of hydrogen-bond acceptors (Lipinski definition) is 9. The van der Waals surface area contributed by atoms with Crippen LogP contribution in [0.1, 0.15) is 65.1 Å². The third-order valence-corrected chi connectivity index (χ3v) is 8.16. The highest BCUT2D eigenvalue weighted by Gasteiger charge is 2.54. The number of nitrogens with zero attached hydrogens (tertiary/aromatic N) is 1. The molecule has 0 bridgehead atoms. The maximum Gasteiger partial charge on any atom is 0.309 e.